The third kappa shape index (κ3) is 3.52. The van der Waals surface area contributed by atoms with Crippen molar-refractivity contribution in [2.45, 2.75) is 12.4 Å². The summed E-state index contributed by atoms with van der Waals surface area (Å²) in [5.41, 5.74) is -3.15. The molecule has 0 radical (unpaired) electrons. The number of nitriles is 1. The van der Waals surface area contributed by atoms with Crippen molar-refractivity contribution in [1.82, 2.24) is 0 Å². The second kappa shape index (κ2) is 4.72. The molecule has 0 saturated carbocycles. The molecule has 0 saturated heterocycles. The Kier molecular flexibility index (Phi) is 3.70. The number of benzene rings is 1. The van der Waals surface area contributed by atoms with Crippen LogP contribution in [0.4, 0.5) is 26.3 Å². The lowest BCUT2D eigenvalue weighted by atomic mass is 10.0. The van der Waals surface area contributed by atoms with Crippen LogP contribution in [0.5, 0.6) is 0 Å². The normalized spacial score (nSPS) is 12.7. The predicted octanol–water partition coefficient (Wildman–Crippen LogP) is 4.26. The van der Waals surface area contributed by atoms with Gasteiger partial charge < -0.3 is 0 Å². The van der Waals surface area contributed by atoms with Gasteiger partial charge in [-0.1, -0.05) is 0 Å². The van der Waals surface area contributed by atoms with Crippen molar-refractivity contribution >= 4 is 6.08 Å². The highest BCUT2D eigenvalue weighted by Crippen LogP contribution is 2.36. The highest BCUT2D eigenvalue weighted by Gasteiger charge is 2.36. The topological polar surface area (TPSA) is 23.8 Å². The molecule has 0 N–H and O–H groups in total. The molecule has 18 heavy (non-hydrogen) atoms. The number of alkyl halides is 6. The lowest BCUT2D eigenvalue weighted by molar-refractivity contribution is -0.143. The van der Waals surface area contributed by atoms with E-state index in [1.807, 2.05) is 0 Å². The van der Waals surface area contributed by atoms with Crippen molar-refractivity contribution in [3.05, 3.63) is 41.0 Å². The lowest BCUT2D eigenvalue weighted by Crippen LogP contribution is -2.11. The smallest absolute Gasteiger partial charge is 0.193 e. The van der Waals surface area contributed by atoms with Crippen molar-refractivity contribution in [2.24, 2.45) is 0 Å². The molecule has 0 amide bonds. The summed E-state index contributed by atoms with van der Waals surface area (Å²) < 4.78 is 74.4. The number of rotatable bonds is 1. The standard InChI is InChI=1S/C11H5F6N/c12-10(13,14)8-4-7(2-1-3-18)5-9(6-8)11(15,16)17/h1-2,4-6H/b2-1-. The first-order valence-corrected chi connectivity index (χ1v) is 4.50. The Morgan fingerprint density at radius 2 is 1.33 bits per heavy atom. The molecular weight excluding hydrogens is 260 g/mol. The molecule has 96 valence electrons. The van der Waals surface area contributed by atoms with Gasteiger partial charge >= 0.3 is 12.4 Å². The van der Waals surface area contributed by atoms with E-state index in [2.05, 4.69) is 0 Å². The van der Waals surface area contributed by atoms with Gasteiger partial charge in [0, 0.05) is 6.08 Å². The summed E-state index contributed by atoms with van der Waals surface area (Å²) in [5, 5.41) is 8.20. The van der Waals surface area contributed by atoms with Crippen LogP contribution in [-0.4, -0.2) is 0 Å². The number of halogens is 6. The molecule has 0 aliphatic rings. The van der Waals surface area contributed by atoms with Crippen LogP contribution in [0.2, 0.25) is 0 Å². The van der Waals surface area contributed by atoms with Gasteiger partial charge in [-0.25, -0.2) is 0 Å². The predicted molar refractivity (Wildman–Crippen MR) is 51.1 cm³/mol. The van der Waals surface area contributed by atoms with Gasteiger partial charge in [-0.15, -0.1) is 0 Å². The van der Waals surface area contributed by atoms with Crippen LogP contribution < -0.4 is 0 Å². The quantitative estimate of drug-likeness (QED) is 0.549. The summed E-state index contributed by atoms with van der Waals surface area (Å²) in [4.78, 5) is 0. The highest BCUT2D eigenvalue weighted by molar-refractivity contribution is 5.54. The second-order valence-electron chi connectivity index (χ2n) is 3.30. The third-order valence-electron chi connectivity index (χ3n) is 1.96. The van der Waals surface area contributed by atoms with Gasteiger partial charge in [0.05, 0.1) is 17.2 Å². The van der Waals surface area contributed by atoms with E-state index in [-0.39, 0.29) is 11.6 Å². The first-order chi connectivity index (χ1) is 8.14. The average Bonchev–Trinajstić information content (AvgIpc) is 2.23. The minimum absolute atomic E-state index is 0.0315. The van der Waals surface area contributed by atoms with E-state index in [0.29, 0.717) is 12.1 Å². The molecule has 1 aromatic carbocycles. The zero-order valence-corrected chi connectivity index (χ0v) is 8.60. The Hall–Kier alpha value is -1.97. The van der Waals surface area contributed by atoms with Gasteiger partial charge in [0.1, 0.15) is 0 Å². The summed E-state index contributed by atoms with van der Waals surface area (Å²) in [7, 11) is 0. The fourth-order valence-corrected chi connectivity index (χ4v) is 1.21. The minimum Gasteiger partial charge on any atom is -0.193 e. The van der Waals surface area contributed by atoms with Gasteiger partial charge in [-0.3, -0.25) is 0 Å². The molecule has 0 aliphatic heterocycles. The summed E-state index contributed by atoms with van der Waals surface area (Å²) in [5.74, 6) is 0. The van der Waals surface area contributed by atoms with Crippen LogP contribution in [0.25, 0.3) is 6.08 Å². The lowest BCUT2D eigenvalue weighted by Gasteiger charge is -2.12. The highest BCUT2D eigenvalue weighted by atomic mass is 19.4. The molecule has 7 heteroatoms. The number of nitrogens with zero attached hydrogens (tertiary/aromatic N) is 1. The summed E-state index contributed by atoms with van der Waals surface area (Å²) in [6.45, 7) is 0. The van der Waals surface area contributed by atoms with Crippen molar-refractivity contribution in [3.63, 3.8) is 0 Å². The number of allylic oxidation sites excluding steroid dienone is 1. The van der Waals surface area contributed by atoms with E-state index in [9.17, 15) is 26.3 Å². The zero-order chi connectivity index (χ0) is 14.0. The number of hydrogen-bond donors (Lipinski definition) is 0. The van der Waals surface area contributed by atoms with E-state index in [1.165, 1.54) is 6.07 Å². The average molecular weight is 265 g/mol. The Bertz CT molecular complexity index is 471. The fourth-order valence-electron chi connectivity index (χ4n) is 1.21. The molecule has 1 nitrogen and oxygen atoms in total. The van der Waals surface area contributed by atoms with Crippen LogP contribution in [0.1, 0.15) is 16.7 Å². The van der Waals surface area contributed by atoms with Gasteiger partial charge in [0.2, 0.25) is 0 Å². The number of hydrogen-bond acceptors (Lipinski definition) is 1. The maximum atomic E-state index is 12.4. The largest absolute Gasteiger partial charge is 0.416 e. The van der Waals surface area contributed by atoms with Crippen LogP contribution in [-0.2, 0) is 12.4 Å². The molecule has 0 spiro atoms. The van der Waals surface area contributed by atoms with E-state index >= 15 is 0 Å². The Labute approximate surface area is 98.0 Å². The van der Waals surface area contributed by atoms with Crippen LogP contribution >= 0.6 is 0 Å². The fraction of sp³-hybridized carbons (Fsp3) is 0.182. The molecule has 0 atom stereocenters. The summed E-state index contributed by atoms with van der Waals surface area (Å²) in [6, 6.07) is 2.61. The monoisotopic (exact) mass is 265 g/mol. The SMILES string of the molecule is N#C/C=C\c1cc(C(F)(F)F)cc(C(F)(F)F)c1. The maximum absolute atomic E-state index is 12.4. The minimum atomic E-state index is -4.88. The Morgan fingerprint density at radius 1 is 0.889 bits per heavy atom. The van der Waals surface area contributed by atoms with Crippen molar-refractivity contribution in [2.75, 3.05) is 0 Å². The van der Waals surface area contributed by atoms with Gasteiger partial charge in [-0.2, -0.15) is 31.6 Å². The van der Waals surface area contributed by atoms with Gasteiger partial charge in [-0.05, 0) is 29.8 Å². The summed E-state index contributed by atoms with van der Waals surface area (Å²) in [6.07, 6.45) is -8.08. The molecule has 0 aliphatic carbocycles. The van der Waals surface area contributed by atoms with Crippen LogP contribution in [0.15, 0.2) is 24.3 Å². The zero-order valence-electron chi connectivity index (χ0n) is 8.60. The molecule has 0 bridgehead atoms. The molecule has 1 aromatic rings. The molecule has 0 aromatic heterocycles. The van der Waals surface area contributed by atoms with Crippen molar-refractivity contribution < 1.29 is 26.3 Å². The summed E-state index contributed by atoms with van der Waals surface area (Å²) >= 11 is 0. The first-order valence-electron chi connectivity index (χ1n) is 4.50. The Balaban J connectivity index is 3.40. The van der Waals surface area contributed by atoms with Crippen LogP contribution in [0.3, 0.4) is 0 Å². The molecule has 0 unspecified atom stereocenters. The molecule has 0 fully saturated rings. The van der Waals surface area contributed by atoms with Crippen molar-refractivity contribution in [1.29, 1.82) is 5.26 Å². The molecule has 1 rings (SSSR count). The molecular formula is C11H5F6N. The van der Waals surface area contributed by atoms with E-state index in [0.717, 1.165) is 12.2 Å². The van der Waals surface area contributed by atoms with Crippen molar-refractivity contribution in [3.8, 4) is 6.07 Å². The third-order valence-corrected chi connectivity index (χ3v) is 1.96. The first kappa shape index (κ1) is 14.1. The van der Waals surface area contributed by atoms with Gasteiger partial charge in [0.25, 0.3) is 0 Å². The van der Waals surface area contributed by atoms with E-state index in [1.54, 1.807) is 0 Å². The van der Waals surface area contributed by atoms with E-state index in [4.69, 9.17) is 5.26 Å². The maximum Gasteiger partial charge on any atom is 0.416 e. The Morgan fingerprint density at radius 3 is 1.67 bits per heavy atom. The molecule has 0 heterocycles. The second-order valence-corrected chi connectivity index (χ2v) is 3.30. The van der Waals surface area contributed by atoms with Crippen LogP contribution in [0, 0.1) is 11.3 Å². The van der Waals surface area contributed by atoms with Gasteiger partial charge in [0.15, 0.2) is 0 Å². The van der Waals surface area contributed by atoms with E-state index < -0.39 is 23.5 Å².